The van der Waals surface area contributed by atoms with Gasteiger partial charge in [-0.15, -0.1) is 11.3 Å². The van der Waals surface area contributed by atoms with E-state index in [2.05, 4.69) is 27.1 Å². The molecule has 0 unspecified atom stereocenters. The number of esters is 1. The summed E-state index contributed by atoms with van der Waals surface area (Å²) in [6.07, 6.45) is 3.12. The molecule has 7 nitrogen and oxygen atoms in total. The molecule has 0 radical (unpaired) electrons. The van der Waals surface area contributed by atoms with Gasteiger partial charge in [0.15, 0.2) is 12.4 Å². The fourth-order valence-corrected chi connectivity index (χ4v) is 3.14. The van der Waals surface area contributed by atoms with Crippen molar-refractivity contribution in [2.75, 3.05) is 24.7 Å². The van der Waals surface area contributed by atoms with Crippen molar-refractivity contribution in [3.63, 3.8) is 0 Å². The number of aromatic nitrogens is 3. The van der Waals surface area contributed by atoms with Crippen molar-refractivity contribution >= 4 is 35.3 Å². The highest BCUT2D eigenvalue weighted by Crippen LogP contribution is 2.28. The third-order valence-electron chi connectivity index (χ3n) is 3.50. The molecule has 2 N–H and O–H groups in total. The molecule has 2 heterocycles. The van der Waals surface area contributed by atoms with Crippen LogP contribution in [0.2, 0.25) is 0 Å². The van der Waals surface area contributed by atoms with Gasteiger partial charge in [0.05, 0.1) is 0 Å². The molecule has 0 atom stereocenters. The molecule has 0 spiro atoms. The maximum absolute atomic E-state index is 12.0. The lowest BCUT2D eigenvalue weighted by Crippen LogP contribution is -2.16. The molecule has 8 heteroatoms. The molecule has 0 fully saturated rings. The van der Waals surface area contributed by atoms with Crippen molar-refractivity contribution in [3.8, 4) is 10.4 Å². The summed E-state index contributed by atoms with van der Waals surface area (Å²) < 4.78 is 5.18. The molecule has 1 aromatic carbocycles. The van der Waals surface area contributed by atoms with Gasteiger partial charge in [-0.3, -0.25) is 0 Å². The molecule has 27 heavy (non-hydrogen) atoms. The van der Waals surface area contributed by atoms with Crippen LogP contribution in [0.3, 0.4) is 0 Å². The second-order valence-electron chi connectivity index (χ2n) is 5.81. The first kappa shape index (κ1) is 18.5. The first-order valence-corrected chi connectivity index (χ1v) is 9.01. The summed E-state index contributed by atoms with van der Waals surface area (Å²) in [4.78, 5) is 27.9. The van der Waals surface area contributed by atoms with Gasteiger partial charge in [-0.2, -0.15) is 15.0 Å². The van der Waals surface area contributed by atoms with Crippen LogP contribution in [0.15, 0.2) is 48.5 Å². The number of ether oxygens (including phenoxy) is 1. The first-order valence-electron chi connectivity index (χ1n) is 8.19. The van der Waals surface area contributed by atoms with Gasteiger partial charge in [-0.05, 0) is 23.8 Å². The summed E-state index contributed by atoms with van der Waals surface area (Å²) >= 11 is 1.60. The number of hydrogen-bond acceptors (Lipinski definition) is 8. The maximum Gasteiger partial charge on any atom is 0.331 e. The largest absolute Gasteiger partial charge is 0.454 e. The quantitative estimate of drug-likeness (QED) is 0.518. The van der Waals surface area contributed by atoms with Crippen molar-refractivity contribution in [1.29, 1.82) is 0 Å². The second kappa shape index (κ2) is 8.41. The summed E-state index contributed by atoms with van der Waals surface area (Å²) in [6.45, 7) is -0.0730. The lowest BCUT2D eigenvalue weighted by atomic mass is 10.2. The van der Waals surface area contributed by atoms with Crippen molar-refractivity contribution in [2.24, 2.45) is 0 Å². The van der Waals surface area contributed by atoms with Crippen LogP contribution in [0.25, 0.3) is 16.5 Å². The molecule has 0 saturated heterocycles. The van der Waals surface area contributed by atoms with Crippen LogP contribution in [0.1, 0.15) is 10.7 Å². The van der Waals surface area contributed by atoms with Gasteiger partial charge in [0.25, 0.3) is 0 Å². The monoisotopic (exact) mass is 381 g/mol. The highest BCUT2D eigenvalue weighted by Gasteiger charge is 2.08. The van der Waals surface area contributed by atoms with Crippen LogP contribution in [0, 0.1) is 0 Å². The van der Waals surface area contributed by atoms with Gasteiger partial charge in [0.2, 0.25) is 11.9 Å². The van der Waals surface area contributed by atoms with E-state index >= 15 is 0 Å². The summed E-state index contributed by atoms with van der Waals surface area (Å²) in [6, 6.07) is 14.1. The highest BCUT2D eigenvalue weighted by molar-refractivity contribution is 7.16. The highest BCUT2D eigenvalue weighted by atomic mass is 32.1. The fraction of sp³-hybridized carbons (Fsp3) is 0.158. The van der Waals surface area contributed by atoms with E-state index in [1.165, 1.54) is 6.08 Å². The van der Waals surface area contributed by atoms with Crippen LogP contribution in [0.5, 0.6) is 0 Å². The van der Waals surface area contributed by atoms with Crippen molar-refractivity contribution < 1.29 is 9.53 Å². The molecule has 138 valence electrons. The van der Waals surface area contributed by atoms with Crippen LogP contribution >= 0.6 is 11.3 Å². The molecule has 0 saturated carbocycles. The van der Waals surface area contributed by atoms with Gasteiger partial charge in [-0.25, -0.2) is 4.79 Å². The Hall–Kier alpha value is -3.26. The average molecular weight is 381 g/mol. The predicted molar refractivity (Wildman–Crippen MR) is 107 cm³/mol. The van der Waals surface area contributed by atoms with E-state index in [9.17, 15) is 4.79 Å². The standard InChI is InChI=1S/C19H19N5O2S/c1-24(2)19-22-16(21-18(20)23-19)12-26-17(25)11-9-14-8-10-15(27-14)13-6-4-3-5-7-13/h3-11H,12H2,1-2H3,(H2,20,21,22,23)/b11-9+. The van der Waals surface area contributed by atoms with Crippen LogP contribution in [0.4, 0.5) is 11.9 Å². The number of rotatable bonds is 6. The van der Waals surface area contributed by atoms with Gasteiger partial charge in [-0.1, -0.05) is 30.3 Å². The van der Waals surface area contributed by atoms with E-state index in [1.54, 1.807) is 36.4 Å². The predicted octanol–water partition coefficient (Wildman–Crippen LogP) is 3.00. The van der Waals surface area contributed by atoms with E-state index in [-0.39, 0.29) is 12.6 Å². The Kier molecular flexibility index (Phi) is 5.77. The van der Waals surface area contributed by atoms with Crippen LogP contribution in [-0.4, -0.2) is 35.0 Å². The van der Waals surface area contributed by atoms with Crippen LogP contribution in [-0.2, 0) is 16.1 Å². The lowest BCUT2D eigenvalue weighted by Gasteiger charge is -2.11. The number of nitrogen functional groups attached to an aromatic ring is 1. The first-order chi connectivity index (χ1) is 13.0. The minimum atomic E-state index is -0.477. The number of carbonyl (C=O) groups excluding carboxylic acids is 1. The summed E-state index contributed by atoms with van der Waals surface area (Å²) in [5.74, 6) is 0.323. The maximum atomic E-state index is 12.0. The number of hydrogen-bond donors (Lipinski definition) is 1. The number of benzene rings is 1. The molecular weight excluding hydrogens is 362 g/mol. The van der Waals surface area contributed by atoms with Crippen molar-refractivity contribution in [1.82, 2.24) is 15.0 Å². The summed E-state index contributed by atoms with van der Waals surface area (Å²) in [5.41, 5.74) is 6.79. The van der Waals surface area contributed by atoms with Crippen molar-refractivity contribution in [3.05, 3.63) is 59.2 Å². The third kappa shape index (κ3) is 5.11. The molecule has 0 bridgehead atoms. The molecular formula is C19H19N5O2S. The summed E-state index contributed by atoms with van der Waals surface area (Å²) in [7, 11) is 3.58. The number of carbonyl (C=O) groups is 1. The average Bonchev–Trinajstić information content (AvgIpc) is 3.14. The Morgan fingerprint density at radius 3 is 2.67 bits per heavy atom. The minimum absolute atomic E-state index is 0.0730. The van der Waals surface area contributed by atoms with E-state index in [0.717, 1.165) is 15.3 Å². The molecule has 0 aliphatic rings. The Bertz CT molecular complexity index is 954. The molecule has 0 amide bonds. The normalized spacial score (nSPS) is 10.9. The zero-order chi connectivity index (χ0) is 19.2. The molecule has 2 aromatic heterocycles. The Morgan fingerprint density at radius 2 is 1.93 bits per heavy atom. The molecule has 0 aliphatic heterocycles. The minimum Gasteiger partial charge on any atom is -0.454 e. The van der Waals surface area contributed by atoms with E-state index in [4.69, 9.17) is 10.5 Å². The number of thiophene rings is 1. The second-order valence-corrected chi connectivity index (χ2v) is 6.93. The summed E-state index contributed by atoms with van der Waals surface area (Å²) in [5, 5.41) is 0. The van der Waals surface area contributed by atoms with E-state index < -0.39 is 5.97 Å². The van der Waals surface area contributed by atoms with Crippen molar-refractivity contribution in [2.45, 2.75) is 6.61 Å². The van der Waals surface area contributed by atoms with Gasteiger partial charge >= 0.3 is 5.97 Å². The SMILES string of the molecule is CN(C)c1nc(N)nc(COC(=O)/C=C/c2ccc(-c3ccccc3)s2)n1. The lowest BCUT2D eigenvalue weighted by molar-refractivity contribution is -0.139. The zero-order valence-corrected chi connectivity index (χ0v) is 15.8. The Morgan fingerprint density at radius 1 is 1.15 bits per heavy atom. The molecule has 3 aromatic rings. The van der Waals surface area contributed by atoms with Gasteiger partial charge in [0, 0.05) is 29.9 Å². The smallest absolute Gasteiger partial charge is 0.331 e. The number of nitrogens with zero attached hydrogens (tertiary/aromatic N) is 4. The Balaban J connectivity index is 1.59. The molecule has 3 rings (SSSR count). The zero-order valence-electron chi connectivity index (χ0n) is 15.0. The topological polar surface area (TPSA) is 94.2 Å². The Labute approximate surface area is 161 Å². The van der Waals surface area contributed by atoms with E-state index in [1.807, 2.05) is 30.3 Å². The number of nitrogens with two attached hydrogens (primary N) is 1. The van der Waals surface area contributed by atoms with Crippen LogP contribution < -0.4 is 10.6 Å². The van der Waals surface area contributed by atoms with E-state index in [0.29, 0.717) is 11.8 Å². The molecule has 0 aliphatic carbocycles. The van der Waals surface area contributed by atoms with Gasteiger partial charge < -0.3 is 15.4 Å². The third-order valence-corrected chi connectivity index (χ3v) is 4.60. The van der Waals surface area contributed by atoms with Gasteiger partial charge in [0.1, 0.15) is 0 Å². The fourth-order valence-electron chi connectivity index (χ4n) is 2.22. The number of anilines is 2.